The lowest BCUT2D eigenvalue weighted by Gasteiger charge is -2.34. The molecule has 0 radical (unpaired) electrons. The highest BCUT2D eigenvalue weighted by Crippen LogP contribution is 2.14. The summed E-state index contributed by atoms with van der Waals surface area (Å²) in [4.78, 5) is 53.4. The number of piperazine rings is 1. The molecule has 1 N–H and O–H groups in total. The molecule has 0 unspecified atom stereocenters. The van der Waals surface area contributed by atoms with Crippen LogP contribution in [0.15, 0.2) is 30.3 Å². The second-order valence-electron chi connectivity index (χ2n) is 7.33. The van der Waals surface area contributed by atoms with Gasteiger partial charge in [-0.15, -0.1) is 0 Å². The van der Waals surface area contributed by atoms with Crippen LogP contribution in [0.1, 0.15) is 25.3 Å². The van der Waals surface area contributed by atoms with E-state index in [1.165, 1.54) is 4.90 Å². The number of nitrogens with one attached hydrogen (secondary N) is 1. The third-order valence-electron chi connectivity index (χ3n) is 5.38. The lowest BCUT2D eigenvalue weighted by Crippen LogP contribution is -2.50. The number of nitrogens with zero attached hydrogens (tertiary/aromatic N) is 3. The van der Waals surface area contributed by atoms with Crippen molar-refractivity contribution in [2.75, 3.05) is 39.3 Å². The molecule has 0 spiro atoms. The van der Waals surface area contributed by atoms with Crippen LogP contribution in [0.5, 0.6) is 0 Å². The molecule has 5 amide bonds. The molecular formula is C21H28N4O5. The van der Waals surface area contributed by atoms with Crippen LogP contribution < -0.4 is 5.32 Å². The van der Waals surface area contributed by atoms with Gasteiger partial charge in [-0.1, -0.05) is 30.3 Å². The Morgan fingerprint density at radius 3 is 2.40 bits per heavy atom. The maximum Gasteiger partial charge on any atom is 0.409 e. The van der Waals surface area contributed by atoms with Crippen molar-refractivity contribution in [1.29, 1.82) is 0 Å². The molecule has 1 atom stereocenters. The Morgan fingerprint density at radius 1 is 1.07 bits per heavy atom. The number of hydrogen-bond donors (Lipinski definition) is 1. The van der Waals surface area contributed by atoms with Crippen molar-refractivity contribution >= 4 is 23.9 Å². The molecule has 9 nitrogen and oxygen atoms in total. The zero-order chi connectivity index (χ0) is 21.5. The molecule has 1 aromatic carbocycles. The molecule has 162 valence electrons. The quantitative estimate of drug-likeness (QED) is 0.674. The minimum absolute atomic E-state index is 0.0803. The van der Waals surface area contributed by atoms with Crippen LogP contribution in [0.4, 0.5) is 9.59 Å². The maximum atomic E-state index is 12.6. The number of hydrogen-bond acceptors (Lipinski definition) is 5. The van der Waals surface area contributed by atoms with Gasteiger partial charge in [0.25, 0.3) is 5.91 Å². The van der Waals surface area contributed by atoms with Crippen LogP contribution >= 0.6 is 0 Å². The SMILES string of the molecule is CCOC(=O)N1CCN(C(=O)CC[C@H]2NC(=O)N(CCc3ccccc3)C2=O)CC1. The number of amides is 5. The molecule has 0 aromatic heterocycles. The summed E-state index contributed by atoms with van der Waals surface area (Å²) >= 11 is 0. The molecule has 0 bridgehead atoms. The van der Waals surface area contributed by atoms with Crippen molar-refractivity contribution in [3.8, 4) is 0 Å². The third-order valence-corrected chi connectivity index (χ3v) is 5.38. The molecular weight excluding hydrogens is 388 g/mol. The van der Waals surface area contributed by atoms with Gasteiger partial charge in [-0.2, -0.15) is 0 Å². The molecule has 1 aromatic rings. The summed E-state index contributed by atoms with van der Waals surface area (Å²) in [5.74, 6) is -0.362. The summed E-state index contributed by atoms with van der Waals surface area (Å²) in [6, 6.07) is 8.59. The van der Waals surface area contributed by atoms with Gasteiger partial charge in [0.2, 0.25) is 5.91 Å². The van der Waals surface area contributed by atoms with E-state index in [4.69, 9.17) is 4.74 Å². The number of urea groups is 1. The second kappa shape index (κ2) is 10.1. The van der Waals surface area contributed by atoms with Gasteiger partial charge in [0, 0.05) is 39.1 Å². The number of imide groups is 1. The van der Waals surface area contributed by atoms with Crippen LogP contribution in [-0.2, 0) is 20.7 Å². The molecule has 2 aliphatic rings. The normalized spacial score (nSPS) is 19.1. The molecule has 3 rings (SSSR count). The summed E-state index contributed by atoms with van der Waals surface area (Å²) in [5, 5.41) is 2.68. The van der Waals surface area contributed by atoms with Crippen molar-refractivity contribution < 1.29 is 23.9 Å². The van der Waals surface area contributed by atoms with E-state index in [1.807, 2.05) is 30.3 Å². The van der Waals surface area contributed by atoms with Crippen LogP contribution in [-0.4, -0.2) is 84.0 Å². The van der Waals surface area contributed by atoms with Gasteiger partial charge in [-0.25, -0.2) is 9.59 Å². The van der Waals surface area contributed by atoms with Crippen LogP contribution in [0.2, 0.25) is 0 Å². The molecule has 2 aliphatic heterocycles. The zero-order valence-electron chi connectivity index (χ0n) is 17.2. The monoisotopic (exact) mass is 416 g/mol. The standard InChI is InChI=1S/C21H28N4O5/c1-2-30-21(29)24-14-12-23(13-15-24)18(26)9-8-17-19(27)25(20(28)22-17)11-10-16-6-4-3-5-7-16/h3-7,17H,2,8-15H2,1H3,(H,22,28)/t17-/m1/s1. The van der Waals surface area contributed by atoms with Gasteiger partial charge >= 0.3 is 12.1 Å². The fraction of sp³-hybridized carbons (Fsp3) is 0.524. The van der Waals surface area contributed by atoms with Gasteiger partial charge in [0.1, 0.15) is 6.04 Å². The molecule has 2 saturated heterocycles. The highest BCUT2D eigenvalue weighted by Gasteiger charge is 2.38. The Bertz CT molecular complexity index is 777. The van der Waals surface area contributed by atoms with Gasteiger partial charge in [0.05, 0.1) is 6.61 Å². The van der Waals surface area contributed by atoms with E-state index in [2.05, 4.69) is 5.32 Å². The van der Waals surface area contributed by atoms with Crippen LogP contribution in [0.25, 0.3) is 0 Å². The van der Waals surface area contributed by atoms with Gasteiger partial charge in [-0.3, -0.25) is 14.5 Å². The van der Waals surface area contributed by atoms with Crippen molar-refractivity contribution in [2.45, 2.75) is 32.2 Å². The first kappa shape index (κ1) is 21.6. The fourth-order valence-electron chi connectivity index (χ4n) is 3.65. The summed E-state index contributed by atoms with van der Waals surface area (Å²) in [5.41, 5.74) is 1.05. The molecule has 30 heavy (non-hydrogen) atoms. The predicted molar refractivity (Wildman–Crippen MR) is 109 cm³/mol. The van der Waals surface area contributed by atoms with E-state index in [0.717, 1.165) is 5.56 Å². The fourth-order valence-corrected chi connectivity index (χ4v) is 3.65. The summed E-state index contributed by atoms with van der Waals surface area (Å²) in [6.45, 7) is 4.12. The van der Waals surface area contributed by atoms with Gasteiger partial charge in [0.15, 0.2) is 0 Å². The van der Waals surface area contributed by atoms with Crippen LogP contribution in [0.3, 0.4) is 0 Å². The minimum atomic E-state index is -0.668. The zero-order valence-corrected chi connectivity index (χ0v) is 17.2. The summed E-state index contributed by atoms with van der Waals surface area (Å²) < 4.78 is 4.97. The Balaban J connectivity index is 1.42. The lowest BCUT2D eigenvalue weighted by atomic mass is 10.1. The van der Waals surface area contributed by atoms with Crippen molar-refractivity contribution in [2.24, 2.45) is 0 Å². The topological polar surface area (TPSA) is 99.3 Å². The van der Waals surface area contributed by atoms with E-state index in [-0.39, 0.29) is 30.7 Å². The number of rotatable bonds is 7. The van der Waals surface area contributed by atoms with Crippen LogP contribution in [0, 0.1) is 0 Å². The van der Waals surface area contributed by atoms with E-state index in [9.17, 15) is 19.2 Å². The lowest BCUT2D eigenvalue weighted by molar-refractivity contribution is -0.133. The average Bonchev–Trinajstić information content (AvgIpc) is 3.04. The highest BCUT2D eigenvalue weighted by atomic mass is 16.6. The van der Waals surface area contributed by atoms with Gasteiger partial charge in [-0.05, 0) is 25.3 Å². The molecule has 0 aliphatic carbocycles. The Hall–Kier alpha value is -3.10. The van der Waals surface area contributed by atoms with E-state index >= 15 is 0 Å². The first-order valence-corrected chi connectivity index (χ1v) is 10.3. The highest BCUT2D eigenvalue weighted by molar-refractivity contribution is 6.04. The van der Waals surface area contributed by atoms with E-state index in [0.29, 0.717) is 45.8 Å². The number of carbonyl (C=O) groups is 4. The summed E-state index contributed by atoms with van der Waals surface area (Å²) in [7, 11) is 0. The Labute approximate surface area is 175 Å². The van der Waals surface area contributed by atoms with Crippen molar-refractivity contribution in [3.63, 3.8) is 0 Å². The smallest absolute Gasteiger partial charge is 0.409 e. The minimum Gasteiger partial charge on any atom is -0.450 e. The van der Waals surface area contributed by atoms with Crippen molar-refractivity contribution in [1.82, 2.24) is 20.0 Å². The first-order chi connectivity index (χ1) is 14.5. The summed E-state index contributed by atoms with van der Waals surface area (Å²) in [6.07, 6.45) is 0.668. The third kappa shape index (κ3) is 5.28. The Kier molecular flexibility index (Phi) is 7.26. The number of carbonyl (C=O) groups excluding carboxylic acids is 4. The van der Waals surface area contributed by atoms with E-state index < -0.39 is 12.1 Å². The predicted octanol–water partition coefficient (Wildman–Crippen LogP) is 1.23. The number of ether oxygens (including phenoxy) is 1. The largest absolute Gasteiger partial charge is 0.450 e. The van der Waals surface area contributed by atoms with E-state index in [1.54, 1.807) is 16.7 Å². The average molecular weight is 416 g/mol. The van der Waals surface area contributed by atoms with Gasteiger partial charge < -0.3 is 19.9 Å². The Morgan fingerprint density at radius 2 is 1.73 bits per heavy atom. The number of benzene rings is 1. The second-order valence-corrected chi connectivity index (χ2v) is 7.33. The maximum absolute atomic E-state index is 12.6. The molecule has 9 heteroatoms. The van der Waals surface area contributed by atoms with Crippen molar-refractivity contribution in [3.05, 3.63) is 35.9 Å². The molecule has 2 heterocycles. The first-order valence-electron chi connectivity index (χ1n) is 10.3. The molecule has 0 saturated carbocycles. The molecule has 2 fully saturated rings.